The summed E-state index contributed by atoms with van der Waals surface area (Å²) in [5, 5.41) is 18.2. The summed E-state index contributed by atoms with van der Waals surface area (Å²) >= 11 is 0. The number of ether oxygens (including phenoxy) is 1. The van der Waals surface area contributed by atoms with Crippen molar-refractivity contribution in [3.05, 3.63) is 29.8 Å². The highest BCUT2D eigenvalue weighted by Gasteiger charge is 2.40. The molecule has 24 heavy (non-hydrogen) atoms. The highest BCUT2D eigenvalue weighted by Crippen LogP contribution is 2.25. The molecule has 0 aromatic heterocycles. The second kappa shape index (κ2) is 6.76. The number of hydrogen-bond acceptors (Lipinski definition) is 6. The topological polar surface area (TPSA) is 116 Å². The number of aliphatic hydroxyl groups excluding tert-OH is 1. The van der Waals surface area contributed by atoms with Gasteiger partial charge < -0.3 is 20.7 Å². The quantitative estimate of drug-likeness (QED) is 0.662. The van der Waals surface area contributed by atoms with Crippen LogP contribution >= 0.6 is 0 Å². The number of benzene rings is 1. The number of nitrogens with zero attached hydrogens (tertiary/aromatic N) is 2. The number of aliphatic carboxylic acids is 1. The van der Waals surface area contributed by atoms with E-state index in [1.165, 1.54) is 0 Å². The van der Waals surface area contributed by atoms with E-state index in [0.29, 0.717) is 32.7 Å². The summed E-state index contributed by atoms with van der Waals surface area (Å²) < 4.78 is 5.38. The molecule has 2 unspecified atom stereocenters. The van der Waals surface area contributed by atoms with E-state index < -0.39 is 12.1 Å². The Morgan fingerprint density at radius 2 is 1.96 bits per heavy atom. The molecule has 2 fully saturated rings. The van der Waals surface area contributed by atoms with Crippen molar-refractivity contribution in [3.8, 4) is 0 Å². The molecule has 3 rings (SSSR count). The van der Waals surface area contributed by atoms with E-state index in [0.717, 1.165) is 11.3 Å². The van der Waals surface area contributed by atoms with Crippen LogP contribution in [0.1, 0.15) is 5.56 Å². The molecule has 1 amide bonds. The molecule has 1 aromatic carbocycles. The van der Waals surface area contributed by atoms with Gasteiger partial charge in [0.1, 0.15) is 6.10 Å². The van der Waals surface area contributed by atoms with Crippen molar-refractivity contribution in [2.24, 2.45) is 11.7 Å². The Bertz CT molecular complexity index is 615. The second-order valence-electron chi connectivity index (χ2n) is 6.25. The zero-order valence-corrected chi connectivity index (χ0v) is 13.2. The predicted octanol–water partition coefficient (Wildman–Crippen LogP) is -0.152. The summed E-state index contributed by atoms with van der Waals surface area (Å²) in [4.78, 5) is 26.3. The van der Waals surface area contributed by atoms with Crippen LogP contribution in [0.15, 0.2) is 24.3 Å². The molecular weight excluding hydrogens is 314 g/mol. The fourth-order valence-electron chi connectivity index (χ4n) is 3.09. The highest BCUT2D eigenvalue weighted by atomic mass is 16.6. The molecule has 2 atom stereocenters. The molecule has 0 bridgehead atoms. The standard InChI is InChI=1S/C16H21N3O5/c17-5-10-1-3-12(4-2-10)19-9-13(24-16(19)23)8-18-6-11(7-18)14(20)15(21)22/h1-4,11,13-14,20H,5-9,17H2,(H,21,22). The van der Waals surface area contributed by atoms with Gasteiger partial charge in [-0.15, -0.1) is 0 Å². The molecule has 8 nitrogen and oxygen atoms in total. The number of aliphatic hydroxyl groups is 1. The van der Waals surface area contributed by atoms with Gasteiger partial charge in [0, 0.05) is 37.8 Å². The molecular formula is C16H21N3O5. The second-order valence-corrected chi connectivity index (χ2v) is 6.25. The Hall–Kier alpha value is -2.16. The summed E-state index contributed by atoms with van der Waals surface area (Å²) in [5.74, 6) is -1.46. The first-order valence-corrected chi connectivity index (χ1v) is 7.88. The molecule has 2 heterocycles. The number of likely N-dealkylation sites (tertiary alicyclic amines) is 1. The third-order valence-corrected chi connectivity index (χ3v) is 4.50. The molecule has 0 saturated carbocycles. The van der Waals surface area contributed by atoms with Gasteiger partial charge in [0.05, 0.1) is 6.54 Å². The number of carbonyl (C=O) groups excluding carboxylic acids is 1. The lowest BCUT2D eigenvalue weighted by atomic mass is 9.93. The number of hydrogen-bond donors (Lipinski definition) is 3. The van der Waals surface area contributed by atoms with E-state index in [2.05, 4.69) is 0 Å². The maximum atomic E-state index is 12.0. The van der Waals surface area contributed by atoms with Crippen LogP contribution in [0, 0.1) is 5.92 Å². The average Bonchev–Trinajstić information content (AvgIpc) is 2.90. The van der Waals surface area contributed by atoms with Crippen molar-refractivity contribution in [3.63, 3.8) is 0 Å². The number of cyclic esters (lactones) is 1. The minimum Gasteiger partial charge on any atom is -0.479 e. The van der Waals surface area contributed by atoms with Crippen LogP contribution in [-0.2, 0) is 16.1 Å². The summed E-state index contributed by atoms with van der Waals surface area (Å²) in [6.45, 7) is 2.42. The Balaban J connectivity index is 1.51. The number of carboxylic acid groups (broad SMARTS) is 1. The summed E-state index contributed by atoms with van der Waals surface area (Å²) in [6.07, 6.45) is -1.98. The van der Waals surface area contributed by atoms with Gasteiger partial charge in [0.25, 0.3) is 0 Å². The van der Waals surface area contributed by atoms with Gasteiger partial charge in [-0.2, -0.15) is 0 Å². The number of anilines is 1. The SMILES string of the molecule is NCc1ccc(N2CC(CN3CC(C(O)C(=O)O)C3)OC2=O)cc1. The number of carboxylic acids is 1. The number of amides is 1. The molecule has 0 spiro atoms. The van der Waals surface area contributed by atoms with Crippen molar-refractivity contribution in [1.29, 1.82) is 0 Å². The lowest BCUT2D eigenvalue weighted by molar-refractivity contribution is -0.154. The zero-order chi connectivity index (χ0) is 17.3. The number of carbonyl (C=O) groups is 2. The highest BCUT2D eigenvalue weighted by molar-refractivity contribution is 5.89. The van der Waals surface area contributed by atoms with Gasteiger partial charge in [-0.25, -0.2) is 9.59 Å². The van der Waals surface area contributed by atoms with Gasteiger partial charge in [0.15, 0.2) is 6.10 Å². The first kappa shape index (κ1) is 16.7. The maximum absolute atomic E-state index is 12.0. The molecule has 2 aliphatic rings. The number of nitrogens with two attached hydrogens (primary N) is 1. The van der Waals surface area contributed by atoms with E-state index in [9.17, 15) is 14.7 Å². The van der Waals surface area contributed by atoms with Crippen LogP contribution in [0.5, 0.6) is 0 Å². The summed E-state index contributed by atoms with van der Waals surface area (Å²) in [7, 11) is 0. The van der Waals surface area contributed by atoms with E-state index in [1.54, 1.807) is 4.90 Å². The lowest BCUT2D eigenvalue weighted by Gasteiger charge is -2.41. The van der Waals surface area contributed by atoms with E-state index >= 15 is 0 Å². The minimum atomic E-state index is -1.33. The van der Waals surface area contributed by atoms with Crippen molar-refractivity contribution < 1.29 is 24.5 Å². The molecule has 4 N–H and O–H groups in total. The summed E-state index contributed by atoms with van der Waals surface area (Å²) in [6, 6.07) is 7.44. The van der Waals surface area contributed by atoms with Crippen LogP contribution in [0.3, 0.4) is 0 Å². The number of rotatable bonds is 6. The molecule has 8 heteroatoms. The predicted molar refractivity (Wildman–Crippen MR) is 85.5 cm³/mol. The van der Waals surface area contributed by atoms with Gasteiger partial charge in [-0.3, -0.25) is 9.80 Å². The Kier molecular flexibility index (Phi) is 4.70. The zero-order valence-electron chi connectivity index (χ0n) is 13.2. The molecule has 0 radical (unpaired) electrons. The largest absolute Gasteiger partial charge is 0.479 e. The van der Waals surface area contributed by atoms with Gasteiger partial charge in [-0.05, 0) is 17.7 Å². The van der Waals surface area contributed by atoms with Crippen molar-refractivity contribution in [2.75, 3.05) is 31.1 Å². The molecule has 2 saturated heterocycles. The van der Waals surface area contributed by atoms with Gasteiger partial charge in [-0.1, -0.05) is 12.1 Å². The van der Waals surface area contributed by atoms with Crippen molar-refractivity contribution in [2.45, 2.75) is 18.8 Å². The normalized spacial score (nSPS) is 23.0. The minimum absolute atomic E-state index is 0.264. The third-order valence-electron chi connectivity index (χ3n) is 4.50. The Morgan fingerprint density at radius 1 is 1.29 bits per heavy atom. The van der Waals surface area contributed by atoms with E-state index in [-0.39, 0.29) is 18.1 Å². The van der Waals surface area contributed by atoms with Crippen LogP contribution in [0.25, 0.3) is 0 Å². The van der Waals surface area contributed by atoms with E-state index in [1.807, 2.05) is 29.2 Å². The van der Waals surface area contributed by atoms with Crippen molar-refractivity contribution >= 4 is 17.7 Å². The van der Waals surface area contributed by atoms with Gasteiger partial charge >= 0.3 is 12.1 Å². The first-order chi connectivity index (χ1) is 11.5. The van der Waals surface area contributed by atoms with Crippen LogP contribution in [0.4, 0.5) is 10.5 Å². The lowest BCUT2D eigenvalue weighted by Crippen LogP contribution is -2.55. The third kappa shape index (κ3) is 3.35. The Labute approximate surface area is 139 Å². The monoisotopic (exact) mass is 335 g/mol. The van der Waals surface area contributed by atoms with Crippen LogP contribution in [-0.4, -0.2) is 65.6 Å². The molecule has 2 aliphatic heterocycles. The van der Waals surface area contributed by atoms with Crippen LogP contribution in [0.2, 0.25) is 0 Å². The van der Waals surface area contributed by atoms with Crippen LogP contribution < -0.4 is 10.6 Å². The first-order valence-electron chi connectivity index (χ1n) is 7.88. The van der Waals surface area contributed by atoms with Crippen molar-refractivity contribution in [1.82, 2.24) is 4.90 Å². The fraction of sp³-hybridized carbons (Fsp3) is 0.500. The molecule has 1 aromatic rings. The maximum Gasteiger partial charge on any atom is 0.414 e. The fourth-order valence-corrected chi connectivity index (χ4v) is 3.09. The molecule has 130 valence electrons. The van der Waals surface area contributed by atoms with E-state index in [4.69, 9.17) is 15.6 Å². The average molecular weight is 335 g/mol. The van der Waals surface area contributed by atoms with Gasteiger partial charge in [0.2, 0.25) is 0 Å². The smallest absolute Gasteiger partial charge is 0.414 e. The Morgan fingerprint density at radius 3 is 2.54 bits per heavy atom. The molecule has 0 aliphatic carbocycles. The summed E-state index contributed by atoms with van der Waals surface area (Å²) in [5.41, 5.74) is 7.32.